The number of rotatable bonds is 6. The molecule has 0 spiro atoms. The lowest BCUT2D eigenvalue weighted by atomic mass is 10.0. The molecular weight excluding hydrogens is 500 g/mol. The smallest absolute Gasteiger partial charge is 0.237 e. The van der Waals surface area contributed by atoms with Gasteiger partial charge in [0.15, 0.2) is 11.6 Å². The minimum absolute atomic E-state index is 0.276. The maximum atomic E-state index is 11.9. The zero-order valence-corrected chi connectivity index (χ0v) is 23.0. The number of anilines is 1. The molecule has 0 aliphatic carbocycles. The second kappa shape index (κ2) is 9.88. The van der Waals surface area contributed by atoms with Crippen LogP contribution in [0.1, 0.15) is 24.3 Å². The van der Waals surface area contributed by atoms with Crippen LogP contribution in [0.5, 0.6) is 0 Å². The Morgan fingerprint density at radius 1 is 1.11 bits per heavy atom. The number of hydrogen-bond donors (Lipinski definition) is 1. The molecule has 2 fully saturated rings. The monoisotopic (exact) mass is 534 g/mol. The third-order valence-electron chi connectivity index (χ3n) is 7.84. The molecule has 0 bridgehead atoms. The molecule has 38 heavy (non-hydrogen) atoms. The Labute approximate surface area is 226 Å². The number of carbonyl (C=O) groups excluding carboxylic acids is 1. The molecule has 0 unspecified atom stereocenters. The fourth-order valence-corrected chi connectivity index (χ4v) is 6.51. The molecule has 4 aromatic heterocycles. The van der Waals surface area contributed by atoms with Crippen molar-refractivity contribution in [2.24, 2.45) is 5.73 Å². The number of imidazole rings is 1. The first-order valence-corrected chi connectivity index (χ1v) is 14.0. The van der Waals surface area contributed by atoms with Gasteiger partial charge in [-0.05, 0) is 38.5 Å². The molecule has 2 aliphatic rings. The SMILES string of the molecule is Cc1ccc2nccn2c1-c1nc(N2CCOCC2)c2sc(CN3CCN(C(C)(C)C(N)=O)CC3)cc2n1. The van der Waals surface area contributed by atoms with E-state index in [4.69, 9.17) is 20.4 Å². The van der Waals surface area contributed by atoms with Gasteiger partial charge in [0.2, 0.25) is 5.91 Å². The number of hydrogen-bond acceptors (Lipinski definition) is 9. The van der Waals surface area contributed by atoms with Crippen LogP contribution in [0.3, 0.4) is 0 Å². The van der Waals surface area contributed by atoms with Crippen LogP contribution in [-0.4, -0.2) is 93.1 Å². The molecule has 10 nitrogen and oxygen atoms in total. The van der Waals surface area contributed by atoms with Gasteiger partial charge in [-0.1, -0.05) is 6.07 Å². The second-order valence-corrected chi connectivity index (χ2v) is 11.7. The quantitative estimate of drug-likeness (QED) is 0.402. The van der Waals surface area contributed by atoms with Gasteiger partial charge in [-0.15, -0.1) is 11.3 Å². The summed E-state index contributed by atoms with van der Waals surface area (Å²) in [5.74, 6) is 1.42. The van der Waals surface area contributed by atoms with Crippen LogP contribution in [0.15, 0.2) is 30.6 Å². The van der Waals surface area contributed by atoms with E-state index < -0.39 is 5.54 Å². The number of aryl methyl sites for hydroxylation is 1. The zero-order valence-electron chi connectivity index (χ0n) is 22.2. The van der Waals surface area contributed by atoms with Crippen LogP contribution in [-0.2, 0) is 16.1 Å². The summed E-state index contributed by atoms with van der Waals surface area (Å²) in [6, 6.07) is 6.32. The number of nitrogens with zero attached hydrogens (tertiary/aromatic N) is 7. The highest BCUT2D eigenvalue weighted by atomic mass is 32.1. The molecule has 6 rings (SSSR count). The molecule has 2 saturated heterocycles. The van der Waals surface area contributed by atoms with Crippen molar-refractivity contribution in [3.8, 4) is 11.5 Å². The number of fused-ring (bicyclic) bond motifs is 2. The molecule has 4 aromatic rings. The molecule has 0 atom stereocenters. The highest BCUT2D eigenvalue weighted by molar-refractivity contribution is 7.19. The third-order valence-corrected chi connectivity index (χ3v) is 8.94. The second-order valence-electron chi connectivity index (χ2n) is 10.6. The number of primary amides is 1. The van der Waals surface area contributed by atoms with Crippen molar-refractivity contribution in [1.29, 1.82) is 0 Å². The summed E-state index contributed by atoms with van der Waals surface area (Å²) in [6.07, 6.45) is 3.78. The van der Waals surface area contributed by atoms with Crippen molar-refractivity contribution in [2.75, 3.05) is 57.4 Å². The summed E-state index contributed by atoms with van der Waals surface area (Å²) in [5, 5.41) is 0. The van der Waals surface area contributed by atoms with Crippen molar-refractivity contribution < 1.29 is 9.53 Å². The zero-order chi connectivity index (χ0) is 26.4. The predicted molar refractivity (Wildman–Crippen MR) is 149 cm³/mol. The number of morpholine rings is 1. The maximum absolute atomic E-state index is 11.9. The van der Waals surface area contributed by atoms with Crippen LogP contribution in [0.2, 0.25) is 0 Å². The van der Waals surface area contributed by atoms with Gasteiger partial charge in [0.1, 0.15) is 5.65 Å². The highest BCUT2D eigenvalue weighted by Gasteiger charge is 2.34. The Hall–Kier alpha value is -3.12. The van der Waals surface area contributed by atoms with Crippen molar-refractivity contribution in [1.82, 2.24) is 29.2 Å². The van der Waals surface area contributed by atoms with E-state index in [1.54, 1.807) is 11.3 Å². The Balaban J connectivity index is 1.33. The summed E-state index contributed by atoms with van der Waals surface area (Å²) in [6.45, 7) is 13.2. The number of pyridine rings is 1. The summed E-state index contributed by atoms with van der Waals surface area (Å²) < 4.78 is 8.82. The first-order valence-electron chi connectivity index (χ1n) is 13.1. The molecule has 200 valence electrons. The summed E-state index contributed by atoms with van der Waals surface area (Å²) in [4.78, 5) is 34.8. The number of amides is 1. The first kappa shape index (κ1) is 25.2. The lowest BCUT2D eigenvalue weighted by molar-refractivity contribution is -0.129. The Kier molecular flexibility index (Phi) is 6.55. The minimum atomic E-state index is -0.626. The first-order chi connectivity index (χ1) is 18.3. The third kappa shape index (κ3) is 4.53. The van der Waals surface area contributed by atoms with E-state index in [1.165, 1.54) is 4.88 Å². The fraction of sp³-hybridized carbons (Fsp3) is 0.481. The predicted octanol–water partition coefficient (Wildman–Crippen LogP) is 2.53. The molecule has 11 heteroatoms. The number of aromatic nitrogens is 4. The van der Waals surface area contributed by atoms with Crippen molar-refractivity contribution >= 4 is 38.9 Å². The number of piperazine rings is 1. The van der Waals surface area contributed by atoms with Gasteiger partial charge in [-0.3, -0.25) is 19.0 Å². The number of carbonyl (C=O) groups is 1. The standard InChI is InChI=1S/C27H34N8O2S/c1-18-4-5-21-29-6-7-35(21)22(18)24-30-20-16-19(38-23(20)25(31-24)33-12-14-37-15-13-33)17-32-8-10-34(11-9-32)27(2,3)26(28)36/h4-7,16H,8-15,17H2,1-3H3,(H2,28,36). The lowest BCUT2D eigenvalue weighted by Crippen LogP contribution is -2.59. The van der Waals surface area contributed by atoms with E-state index in [-0.39, 0.29) is 5.91 Å². The molecule has 0 radical (unpaired) electrons. The topological polar surface area (TPSA) is 105 Å². The van der Waals surface area contributed by atoms with Crippen LogP contribution in [0.4, 0.5) is 5.82 Å². The van der Waals surface area contributed by atoms with Crippen LogP contribution >= 0.6 is 11.3 Å². The van der Waals surface area contributed by atoms with Crippen molar-refractivity contribution in [3.63, 3.8) is 0 Å². The van der Waals surface area contributed by atoms with Gasteiger partial charge >= 0.3 is 0 Å². The molecule has 6 heterocycles. The lowest BCUT2D eigenvalue weighted by Gasteiger charge is -2.42. The average molecular weight is 535 g/mol. The van der Waals surface area contributed by atoms with Gasteiger partial charge < -0.3 is 15.4 Å². The Morgan fingerprint density at radius 2 is 1.87 bits per heavy atom. The normalized spacial score (nSPS) is 18.0. The Bertz CT molecular complexity index is 1480. The van der Waals surface area contributed by atoms with Gasteiger partial charge in [-0.2, -0.15) is 0 Å². The largest absolute Gasteiger partial charge is 0.378 e. The van der Waals surface area contributed by atoms with Crippen molar-refractivity contribution in [2.45, 2.75) is 32.9 Å². The molecule has 2 N–H and O–H groups in total. The molecular formula is C27H34N8O2S. The minimum Gasteiger partial charge on any atom is -0.378 e. The van der Waals surface area contributed by atoms with Gasteiger partial charge in [0.25, 0.3) is 0 Å². The van der Waals surface area contributed by atoms with Gasteiger partial charge in [0, 0.05) is 63.1 Å². The van der Waals surface area contributed by atoms with E-state index in [9.17, 15) is 4.79 Å². The summed E-state index contributed by atoms with van der Waals surface area (Å²) >= 11 is 1.78. The average Bonchev–Trinajstić information content (AvgIpc) is 3.55. The van der Waals surface area contributed by atoms with E-state index in [0.29, 0.717) is 19.0 Å². The fourth-order valence-electron chi connectivity index (χ4n) is 5.36. The van der Waals surface area contributed by atoms with Gasteiger partial charge in [-0.25, -0.2) is 15.0 Å². The molecule has 0 saturated carbocycles. The molecule has 2 aliphatic heterocycles. The maximum Gasteiger partial charge on any atom is 0.237 e. The Morgan fingerprint density at radius 3 is 2.61 bits per heavy atom. The van der Waals surface area contributed by atoms with Crippen LogP contribution in [0, 0.1) is 6.92 Å². The van der Waals surface area contributed by atoms with E-state index in [1.807, 2.05) is 32.3 Å². The van der Waals surface area contributed by atoms with Crippen LogP contribution < -0.4 is 10.6 Å². The summed E-state index contributed by atoms with van der Waals surface area (Å²) in [5.41, 5.74) is 8.95. The van der Waals surface area contributed by atoms with Gasteiger partial charge in [0.05, 0.1) is 34.7 Å². The van der Waals surface area contributed by atoms with Crippen molar-refractivity contribution in [3.05, 3.63) is 41.0 Å². The van der Waals surface area contributed by atoms with E-state index in [0.717, 1.165) is 78.8 Å². The van der Waals surface area contributed by atoms with E-state index >= 15 is 0 Å². The summed E-state index contributed by atoms with van der Waals surface area (Å²) in [7, 11) is 0. The number of nitrogens with two attached hydrogens (primary N) is 1. The highest BCUT2D eigenvalue weighted by Crippen LogP contribution is 2.36. The van der Waals surface area contributed by atoms with E-state index in [2.05, 4.69) is 43.1 Å². The molecule has 1 amide bonds. The molecule has 0 aromatic carbocycles. The van der Waals surface area contributed by atoms with Crippen LogP contribution in [0.25, 0.3) is 27.4 Å². The number of thiophene rings is 1. The number of ether oxygens (including phenoxy) is 1.